The van der Waals surface area contributed by atoms with E-state index in [1.54, 1.807) is 0 Å². The molecule has 0 atom stereocenters. The molecular formula is C29H48N8. The zero-order chi connectivity index (χ0) is 25.4. The molecule has 2 aromatic rings. The molecule has 0 amide bonds. The van der Waals surface area contributed by atoms with Gasteiger partial charge in [-0.3, -0.25) is 9.97 Å². The molecule has 37 heavy (non-hydrogen) atoms. The molecule has 0 fully saturated rings. The summed E-state index contributed by atoms with van der Waals surface area (Å²) < 4.78 is 0. The molecule has 2 aliphatic heterocycles. The zero-order valence-electron chi connectivity index (χ0n) is 22.7. The zero-order valence-corrected chi connectivity index (χ0v) is 22.7. The van der Waals surface area contributed by atoms with Crippen molar-refractivity contribution < 1.29 is 0 Å². The van der Waals surface area contributed by atoms with Crippen LogP contribution in [-0.4, -0.2) is 85.2 Å². The molecule has 0 unspecified atom stereocenters. The van der Waals surface area contributed by atoms with Crippen molar-refractivity contribution >= 4 is 0 Å². The van der Waals surface area contributed by atoms with Crippen LogP contribution in [0.15, 0.2) is 36.4 Å². The molecule has 0 saturated heterocycles. The largest absolute Gasteiger partial charge is 0.311 e. The Morgan fingerprint density at radius 2 is 0.838 bits per heavy atom. The van der Waals surface area contributed by atoms with Crippen molar-refractivity contribution in [3.63, 3.8) is 0 Å². The highest BCUT2D eigenvalue weighted by molar-refractivity contribution is 5.12. The van der Waals surface area contributed by atoms with Gasteiger partial charge in [0.25, 0.3) is 0 Å². The Morgan fingerprint density at radius 3 is 1.16 bits per heavy atom. The molecule has 2 aromatic heterocycles. The minimum absolute atomic E-state index is 0.856. The predicted octanol–water partition coefficient (Wildman–Crippen LogP) is 2.12. The second kappa shape index (κ2) is 16.8. The van der Waals surface area contributed by atoms with Gasteiger partial charge in [0.05, 0.1) is 22.8 Å². The number of nitrogens with zero attached hydrogens (tertiary/aromatic N) is 4. The molecule has 204 valence electrons. The molecule has 8 heteroatoms. The summed E-state index contributed by atoms with van der Waals surface area (Å²) in [5, 5.41) is 14.3. The van der Waals surface area contributed by atoms with Crippen LogP contribution in [-0.2, 0) is 26.2 Å². The molecule has 4 bridgehead atoms. The Morgan fingerprint density at radius 1 is 0.514 bits per heavy atom. The van der Waals surface area contributed by atoms with Gasteiger partial charge in [0.1, 0.15) is 0 Å². The van der Waals surface area contributed by atoms with Crippen LogP contribution in [0.5, 0.6) is 0 Å². The maximum atomic E-state index is 4.76. The van der Waals surface area contributed by atoms with Gasteiger partial charge < -0.3 is 31.1 Å². The lowest BCUT2D eigenvalue weighted by Crippen LogP contribution is -2.35. The topological polar surface area (TPSA) is 80.4 Å². The third-order valence-corrected chi connectivity index (χ3v) is 7.21. The fourth-order valence-corrected chi connectivity index (χ4v) is 5.22. The van der Waals surface area contributed by atoms with E-state index in [0.29, 0.717) is 0 Å². The molecule has 8 nitrogen and oxygen atoms in total. The van der Waals surface area contributed by atoms with Gasteiger partial charge in [-0.25, -0.2) is 0 Å². The van der Waals surface area contributed by atoms with Crippen LogP contribution < -0.4 is 21.3 Å². The Labute approximate surface area is 224 Å². The number of rotatable bonds is 4. The van der Waals surface area contributed by atoms with E-state index in [2.05, 4.69) is 67.5 Å². The van der Waals surface area contributed by atoms with Gasteiger partial charge in [-0.05, 0) is 122 Å². The summed E-state index contributed by atoms with van der Waals surface area (Å²) in [4.78, 5) is 14.9. The fraction of sp³-hybridized carbons (Fsp3) is 0.655. The summed E-state index contributed by atoms with van der Waals surface area (Å²) in [5.41, 5.74) is 4.56. The Kier molecular flexibility index (Phi) is 12.8. The Bertz CT molecular complexity index is 762. The maximum Gasteiger partial charge on any atom is 0.0545 e. The van der Waals surface area contributed by atoms with E-state index in [1.165, 1.54) is 71.4 Å². The van der Waals surface area contributed by atoms with Gasteiger partial charge in [0, 0.05) is 26.2 Å². The summed E-state index contributed by atoms with van der Waals surface area (Å²) in [6.07, 6.45) is 5.98. The van der Waals surface area contributed by atoms with E-state index >= 15 is 0 Å². The van der Waals surface area contributed by atoms with Gasteiger partial charge in [-0.1, -0.05) is 12.1 Å². The van der Waals surface area contributed by atoms with Gasteiger partial charge in [-0.15, -0.1) is 0 Å². The fourth-order valence-electron chi connectivity index (χ4n) is 5.22. The normalized spacial score (nSPS) is 20.5. The van der Waals surface area contributed by atoms with Crippen LogP contribution in [0.25, 0.3) is 0 Å². The van der Waals surface area contributed by atoms with Gasteiger partial charge in [-0.2, -0.15) is 0 Å². The Balaban J connectivity index is 1.19. The monoisotopic (exact) mass is 508 g/mol. The smallest absolute Gasteiger partial charge is 0.0545 e. The van der Waals surface area contributed by atoms with Crippen molar-refractivity contribution in [3.05, 3.63) is 59.2 Å². The average molecular weight is 509 g/mol. The molecule has 0 saturated carbocycles. The number of hydrogen-bond donors (Lipinski definition) is 4. The van der Waals surface area contributed by atoms with Crippen molar-refractivity contribution in [2.24, 2.45) is 0 Å². The number of hydrogen-bond acceptors (Lipinski definition) is 8. The molecule has 0 spiro atoms. The second-order valence-electron chi connectivity index (χ2n) is 10.4. The van der Waals surface area contributed by atoms with E-state index in [9.17, 15) is 0 Å². The quantitative estimate of drug-likeness (QED) is 0.500. The minimum atomic E-state index is 0.856. The van der Waals surface area contributed by atoms with E-state index in [4.69, 9.17) is 9.97 Å². The number of aromatic nitrogens is 2. The van der Waals surface area contributed by atoms with E-state index in [1.807, 2.05) is 0 Å². The third-order valence-electron chi connectivity index (χ3n) is 7.21. The van der Waals surface area contributed by atoms with E-state index < -0.39 is 0 Å². The average Bonchev–Trinajstić information content (AvgIpc) is 2.91. The SMILES string of the molecule is c1cc2nc(c1)CNCCCN(CCCN1CCCNCc3cccc(n3)CNCCC1)CCCNC2. The first-order valence-electron chi connectivity index (χ1n) is 14.5. The number of nitrogens with one attached hydrogen (secondary N) is 4. The first kappa shape index (κ1) is 28.1. The van der Waals surface area contributed by atoms with Crippen molar-refractivity contribution in [2.45, 2.75) is 58.3 Å². The highest BCUT2D eigenvalue weighted by Crippen LogP contribution is 2.05. The maximum absolute atomic E-state index is 4.76. The highest BCUT2D eigenvalue weighted by Gasteiger charge is 2.10. The summed E-state index contributed by atoms with van der Waals surface area (Å²) >= 11 is 0. The highest BCUT2D eigenvalue weighted by atomic mass is 15.1. The molecule has 4 rings (SSSR count). The van der Waals surface area contributed by atoms with Crippen molar-refractivity contribution in [2.75, 3.05) is 65.4 Å². The molecule has 2 aliphatic rings. The summed E-state index contributed by atoms with van der Waals surface area (Å²) in [6, 6.07) is 12.7. The van der Waals surface area contributed by atoms with Crippen LogP contribution in [0.4, 0.5) is 0 Å². The van der Waals surface area contributed by atoms with Crippen LogP contribution in [0.1, 0.15) is 54.9 Å². The lowest BCUT2D eigenvalue weighted by molar-refractivity contribution is 0.218. The molecule has 0 aliphatic carbocycles. The van der Waals surface area contributed by atoms with Crippen molar-refractivity contribution in [1.82, 2.24) is 41.0 Å². The van der Waals surface area contributed by atoms with Gasteiger partial charge >= 0.3 is 0 Å². The minimum Gasteiger partial charge on any atom is -0.311 e. The number of fused-ring (bicyclic) bond motifs is 4. The van der Waals surface area contributed by atoms with Crippen LogP contribution in [0, 0.1) is 0 Å². The first-order valence-corrected chi connectivity index (χ1v) is 14.5. The summed E-state index contributed by atoms with van der Waals surface area (Å²) in [5.74, 6) is 0. The lowest BCUT2D eigenvalue weighted by atomic mass is 10.2. The number of pyridine rings is 2. The molecule has 4 N–H and O–H groups in total. The second-order valence-corrected chi connectivity index (χ2v) is 10.4. The predicted molar refractivity (Wildman–Crippen MR) is 151 cm³/mol. The van der Waals surface area contributed by atoms with Crippen molar-refractivity contribution in [1.29, 1.82) is 0 Å². The molecular weight excluding hydrogens is 460 g/mol. The molecule has 4 heterocycles. The van der Waals surface area contributed by atoms with Crippen LogP contribution in [0.2, 0.25) is 0 Å². The first-order chi connectivity index (χ1) is 18.3. The summed E-state index contributed by atoms with van der Waals surface area (Å²) in [7, 11) is 0. The van der Waals surface area contributed by atoms with Crippen molar-refractivity contribution in [3.8, 4) is 0 Å². The van der Waals surface area contributed by atoms with Crippen LogP contribution >= 0.6 is 0 Å². The Hall–Kier alpha value is -1.94. The summed E-state index contributed by atoms with van der Waals surface area (Å²) in [6.45, 7) is 14.7. The van der Waals surface area contributed by atoms with Crippen LogP contribution in [0.3, 0.4) is 0 Å². The molecule has 0 aromatic carbocycles. The standard InChI is InChI=1S/C29H48N8/c1-8-26-22-30-12-3-16-36(17-4-13-31-23-27(9-1)34-26)20-7-21-37-18-5-14-32-24-28-10-2-11-29(35-28)25-33-15-6-19-37/h1-2,8-11,30-33H,3-7,12-25H2. The van der Waals surface area contributed by atoms with Gasteiger partial charge in [0.2, 0.25) is 0 Å². The van der Waals surface area contributed by atoms with E-state index in [0.717, 1.165) is 75.1 Å². The molecule has 0 radical (unpaired) electrons. The van der Waals surface area contributed by atoms with E-state index in [-0.39, 0.29) is 0 Å². The third kappa shape index (κ3) is 11.1. The van der Waals surface area contributed by atoms with Gasteiger partial charge in [0.15, 0.2) is 0 Å². The lowest BCUT2D eigenvalue weighted by Gasteiger charge is -2.26.